The quantitative estimate of drug-likeness (QED) is 0.646. The van der Waals surface area contributed by atoms with Gasteiger partial charge in [-0.2, -0.15) is 0 Å². The van der Waals surface area contributed by atoms with Crippen LogP contribution in [0, 0.1) is 5.92 Å². The molecule has 0 aliphatic heterocycles. The molecule has 20 heavy (non-hydrogen) atoms. The van der Waals surface area contributed by atoms with Crippen molar-refractivity contribution in [3.8, 4) is 0 Å². The number of benzene rings is 1. The van der Waals surface area contributed by atoms with Gasteiger partial charge in [0.15, 0.2) is 0 Å². The summed E-state index contributed by atoms with van der Waals surface area (Å²) in [6.07, 6.45) is 2.23. The zero-order valence-electron chi connectivity index (χ0n) is 11.5. The standard InChI is InChI=1S/C16H19Br2NS/c1-2-19-10-12(8-15-9-14(17)11-20-15)7-13-5-3-4-6-16(13)18/h3-6,9,11-12,19H,2,7-8,10H2,1H3. The van der Waals surface area contributed by atoms with Crippen LogP contribution in [0.3, 0.4) is 0 Å². The number of thiophene rings is 1. The van der Waals surface area contributed by atoms with Crippen molar-refractivity contribution in [2.45, 2.75) is 19.8 Å². The Morgan fingerprint density at radius 1 is 1.20 bits per heavy atom. The normalized spacial score (nSPS) is 12.6. The summed E-state index contributed by atoms with van der Waals surface area (Å²) in [6.45, 7) is 4.26. The minimum Gasteiger partial charge on any atom is -0.317 e. The third kappa shape index (κ3) is 4.99. The topological polar surface area (TPSA) is 12.0 Å². The van der Waals surface area contributed by atoms with Crippen molar-refractivity contribution in [1.29, 1.82) is 0 Å². The summed E-state index contributed by atoms with van der Waals surface area (Å²) in [5.74, 6) is 0.624. The molecular formula is C16H19Br2NS. The SMILES string of the molecule is CCNCC(Cc1cc(Br)cs1)Cc1ccccc1Br. The molecule has 0 aliphatic carbocycles. The molecular weight excluding hydrogens is 398 g/mol. The lowest BCUT2D eigenvalue weighted by Crippen LogP contribution is -2.25. The molecule has 2 rings (SSSR count). The first kappa shape index (κ1) is 16.2. The van der Waals surface area contributed by atoms with Gasteiger partial charge < -0.3 is 5.32 Å². The van der Waals surface area contributed by atoms with Gasteiger partial charge in [0.25, 0.3) is 0 Å². The highest BCUT2D eigenvalue weighted by molar-refractivity contribution is 9.10. The van der Waals surface area contributed by atoms with E-state index in [1.807, 2.05) is 11.3 Å². The van der Waals surface area contributed by atoms with Gasteiger partial charge in [-0.3, -0.25) is 0 Å². The Kier molecular flexibility index (Phi) is 6.75. The van der Waals surface area contributed by atoms with Crippen LogP contribution < -0.4 is 5.32 Å². The van der Waals surface area contributed by atoms with Crippen LogP contribution in [0.1, 0.15) is 17.4 Å². The fourth-order valence-corrected chi connectivity index (χ4v) is 4.30. The number of halogens is 2. The number of nitrogens with one attached hydrogen (secondary N) is 1. The number of hydrogen-bond acceptors (Lipinski definition) is 2. The van der Waals surface area contributed by atoms with Crippen molar-refractivity contribution in [3.05, 3.63) is 55.1 Å². The zero-order valence-corrected chi connectivity index (χ0v) is 15.5. The molecule has 1 unspecified atom stereocenters. The third-order valence-electron chi connectivity index (χ3n) is 3.26. The van der Waals surface area contributed by atoms with E-state index >= 15 is 0 Å². The molecule has 0 fully saturated rings. The summed E-state index contributed by atoms with van der Waals surface area (Å²) in [5, 5.41) is 5.66. The van der Waals surface area contributed by atoms with E-state index in [0.717, 1.165) is 25.9 Å². The van der Waals surface area contributed by atoms with Crippen molar-refractivity contribution >= 4 is 43.2 Å². The van der Waals surface area contributed by atoms with Gasteiger partial charge in [-0.05, 0) is 65.5 Å². The predicted octanol–water partition coefficient (Wildman–Crippen LogP) is 5.28. The van der Waals surface area contributed by atoms with Gasteiger partial charge in [0, 0.05) is 19.2 Å². The lowest BCUT2D eigenvalue weighted by Gasteiger charge is -2.17. The van der Waals surface area contributed by atoms with Gasteiger partial charge in [-0.15, -0.1) is 11.3 Å². The molecule has 0 aliphatic rings. The molecule has 1 aromatic heterocycles. The van der Waals surface area contributed by atoms with Gasteiger partial charge in [0.1, 0.15) is 0 Å². The van der Waals surface area contributed by atoms with E-state index in [-0.39, 0.29) is 0 Å². The molecule has 1 N–H and O–H groups in total. The summed E-state index contributed by atoms with van der Waals surface area (Å²) < 4.78 is 2.41. The molecule has 2 aromatic rings. The van der Waals surface area contributed by atoms with Crippen molar-refractivity contribution in [1.82, 2.24) is 5.32 Å². The van der Waals surface area contributed by atoms with Gasteiger partial charge >= 0.3 is 0 Å². The number of rotatable bonds is 7. The van der Waals surface area contributed by atoms with E-state index < -0.39 is 0 Å². The van der Waals surface area contributed by atoms with E-state index in [0.29, 0.717) is 5.92 Å². The molecule has 0 spiro atoms. The fourth-order valence-electron chi connectivity index (χ4n) is 2.29. The van der Waals surface area contributed by atoms with Crippen LogP contribution in [0.4, 0.5) is 0 Å². The molecule has 0 saturated carbocycles. The maximum atomic E-state index is 3.66. The van der Waals surface area contributed by atoms with Crippen LogP contribution >= 0.6 is 43.2 Å². The first-order chi connectivity index (χ1) is 9.69. The average molecular weight is 417 g/mol. The molecule has 4 heteroatoms. The second kappa shape index (κ2) is 8.32. The van der Waals surface area contributed by atoms with Crippen LogP contribution in [-0.4, -0.2) is 13.1 Å². The van der Waals surface area contributed by atoms with Gasteiger partial charge in [-0.1, -0.05) is 41.1 Å². The molecule has 1 heterocycles. The third-order valence-corrected chi connectivity index (χ3v) is 5.75. The Morgan fingerprint density at radius 2 is 2.00 bits per heavy atom. The first-order valence-electron chi connectivity index (χ1n) is 6.86. The molecule has 0 amide bonds. The maximum Gasteiger partial charge on any atom is 0.0285 e. The van der Waals surface area contributed by atoms with Crippen LogP contribution in [-0.2, 0) is 12.8 Å². The lowest BCUT2D eigenvalue weighted by atomic mass is 9.95. The van der Waals surface area contributed by atoms with Crippen LogP contribution in [0.15, 0.2) is 44.7 Å². The predicted molar refractivity (Wildman–Crippen MR) is 95.6 cm³/mol. The summed E-state index contributed by atoms with van der Waals surface area (Å²) in [7, 11) is 0. The van der Waals surface area contributed by atoms with E-state index in [1.54, 1.807) is 0 Å². The Balaban J connectivity index is 2.05. The minimum absolute atomic E-state index is 0.624. The average Bonchev–Trinajstić information content (AvgIpc) is 2.84. The summed E-state index contributed by atoms with van der Waals surface area (Å²) >= 11 is 9.04. The van der Waals surface area contributed by atoms with Crippen LogP contribution in [0.2, 0.25) is 0 Å². The van der Waals surface area contributed by atoms with Gasteiger partial charge in [-0.25, -0.2) is 0 Å². The van der Waals surface area contributed by atoms with Crippen molar-refractivity contribution < 1.29 is 0 Å². The van der Waals surface area contributed by atoms with Crippen LogP contribution in [0.5, 0.6) is 0 Å². The van der Waals surface area contributed by atoms with Gasteiger partial charge in [0.2, 0.25) is 0 Å². The summed E-state index contributed by atoms with van der Waals surface area (Å²) in [6, 6.07) is 10.8. The maximum absolute atomic E-state index is 3.66. The van der Waals surface area contributed by atoms with Crippen molar-refractivity contribution in [2.75, 3.05) is 13.1 Å². The Bertz CT molecular complexity index is 539. The Hall–Kier alpha value is -0.160. The highest BCUT2D eigenvalue weighted by Gasteiger charge is 2.13. The zero-order chi connectivity index (χ0) is 14.4. The van der Waals surface area contributed by atoms with Crippen molar-refractivity contribution in [2.24, 2.45) is 5.92 Å². The largest absolute Gasteiger partial charge is 0.317 e. The second-order valence-corrected chi connectivity index (χ2v) is 7.67. The lowest BCUT2D eigenvalue weighted by molar-refractivity contribution is 0.480. The van der Waals surface area contributed by atoms with E-state index in [9.17, 15) is 0 Å². The molecule has 108 valence electrons. The molecule has 0 saturated heterocycles. The van der Waals surface area contributed by atoms with E-state index in [4.69, 9.17) is 0 Å². The minimum atomic E-state index is 0.624. The molecule has 1 nitrogen and oxygen atoms in total. The van der Waals surface area contributed by atoms with E-state index in [1.165, 1.54) is 19.4 Å². The highest BCUT2D eigenvalue weighted by atomic mass is 79.9. The second-order valence-electron chi connectivity index (χ2n) is 4.90. The first-order valence-corrected chi connectivity index (χ1v) is 9.32. The van der Waals surface area contributed by atoms with E-state index in [2.05, 4.69) is 79.8 Å². The highest BCUT2D eigenvalue weighted by Crippen LogP contribution is 2.25. The molecule has 1 aromatic carbocycles. The summed E-state index contributed by atoms with van der Waals surface area (Å²) in [5.41, 5.74) is 1.39. The summed E-state index contributed by atoms with van der Waals surface area (Å²) in [4.78, 5) is 1.45. The van der Waals surface area contributed by atoms with Crippen LogP contribution in [0.25, 0.3) is 0 Å². The monoisotopic (exact) mass is 415 g/mol. The fraction of sp³-hybridized carbons (Fsp3) is 0.375. The van der Waals surface area contributed by atoms with Gasteiger partial charge in [0.05, 0.1) is 0 Å². The number of hydrogen-bond donors (Lipinski definition) is 1. The Labute approximate surface area is 142 Å². The molecule has 0 radical (unpaired) electrons. The Morgan fingerprint density at radius 3 is 2.65 bits per heavy atom. The molecule has 0 bridgehead atoms. The van der Waals surface area contributed by atoms with Crippen molar-refractivity contribution in [3.63, 3.8) is 0 Å². The smallest absolute Gasteiger partial charge is 0.0285 e. The molecule has 1 atom stereocenters.